The first-order valence-electron chi connectivity index (χ1n) is 8.78. The molecule has 1 heterocycles. The smallest absolute Gasteiger partial charge is 0.191 e. The second kappa shape index (κ2) is 9.64. The summed E-state index contributed by atoms with van der Waals surface area (Å²) in [4.78, 5) is 4.30. The van der Waals surface area contributed by atoms with Crippen LogP contribution in [0.4, 0.5) is 0 Å². The van der Waals surface area contributed by atoms with Crippen LogP contribution in [0.3, 0.4) is 0 Å². The summed E-state index contributed by atoms with van der Waals surface area (Å²) in [6.45, 7) is 6.53. The first-order valence-corrected chi connectivity index (χ1v) is 8.78. The number of methoxy groups -OCH3 is 1. The summed E-state index contributed by atoms with van der Waals surface area (Å²) in [5.74, 6) is 1.26. The number of rotatable bonds is 6. The molecule has 0 radical (unpaired) electrons. The second-order valence-corrected chi connectivity index (χ2v) is 6.56. The van der Waals surface area contributed by atoms with Crippen LogP contribution in [-0.2, 0) is 9.47 Å². The Labute approximate surface area is 145 Å². The fourth-order valence-corrected chi connectivity index (χ4v) is 3.12. The number of hydrogen-bond acceptors (Lipinski definition) is 3. The Morgan fingerprint density at radius 3 is 2.79 bits per heavy atom. The third kappa shape index (κ3) is 5.49. The average Bonchev–Trinajstić information content (AvgIpc) is 2.60. The van der Waals surface area contributed by atoms with Crippen molar-refractivity contribution in [3.8, 4) is 0 Å². The maximum absolute atomic E-state index is 6.08. The molecule has 1 fully saturated rings. The fourth-order valence-electron chi connectivity index (χ4n) is 3.12. The zero-order valence-electron chi connectivity index (χ0n) is 15.3. The van der Waals surface area contributed by atoms with Crippen LogP contribution in [0.25, 0.3) is 0 Å². The number of aryl methyl sites for hydroxylation is 1. The molecule has 1 aromatic rings. The summed E-state index contributed by atoms with van der Waals surface area (Å²) < 4.78 is 11.2. The number of aliphatic imine (C=N–C) groups is 1. The van der Waals surface area contributed by atoms with E-state index in [0.29, 0.717) is 12.5 Å². The molecule has 0 aliphatic carbocycles. The Balaban J connectivity index is 1.94. The fraction of sp³-hybridized carbons (Fsp3) is 0.632. The molecule has 0 aromatic heterocycles. The molecule has 0 spiro atoms. The third-order valence-electron chi connectivity index (χ3n) is 4.41. The maximum Gasteiger partial charge on any atom is 0.191 e. The summed E-state index contributed by atoms with van der Waals surface area (Å²) >= 11 is 0. The Bertz CT molecular complexity index is 516. The zero-order chi connectivity index (χ0) is 17.4. The van der Waals surface area contributed by atoms with Crippen molar-refractivity contribution in [1.29, 1.82) is 0 Å². The van der Waals surface area contributed by atoms with Crippen molar-refractivity contribution in [3.05, 3.63) is 35.4 Å². The van der Waals surface area contributed by atoms with Crippen LogP contribution in [0.2, 0.25) is 0 Å². The molecule has 24 heavy (non-hydrogen) atoms. The van der Waals surface area contributed by atoms with Crippen LogP contribution in [0.15, 0.2) is 29.3 Å². The number of nitrogens with zero attached hydrogens (tertiary/aromatic N) is 1. The van der Waals surface area contributed by atoms with Crippen molar-refractivity contribution in [2.24, 2.45) is 10.9 Å². The molecule has 2 N–H and O–H groups in total. The van der Waals surface area contributed by atoms with Gasteiger partial charge >= 0.3 is 0 Å². The Kier molecular flexibility index (Phi) is 7.53. The molecule has 134 valence electrons. The predicted octanol–water partition coefficient (Wildman–Crippen LogP) is 2.66. The first kappa shape index (κ1) is 18.7. The Hall–Kier alpha value is -1.59. The zero-order valence-corrected chi connectivity index (χ0v) is 15.3. The highest BCUT2D eigenvalue weighted by Crippen LogP contribution is 2.33. The summed E-state index contributed by atoms with van der Waals surface area (Å²) in [6.07, 6.45) is 2.43. The highest BCUT2D eigenvalue weighted by Gasteiger charge is 2.27. The van der Waals surface area contributed by atoms with Gasteiger partial charge in [-0.1, -0.05) is 29.8 Å². The number of benzene rings is 1. The maximum atomic E-state index is 6.08. The van der Waals surface area contributed by atoms with Crippen LogP contribution in [0.1, 0.15) is 37.0 Å². The molecule has 0 amide bonds. The van der Waals surface area contributed by atoms with Crippen molar-refractivity contribution in [2.45, 2.75) is 38.8 Å². The molecular weight excluding hydrogens is 302 g/mol. The molecular formula is C19H31N3O2. The number of hydrogen-bond donors (Lipinski definition) is 2. The molecule has 3 unspecified atom stereocenters. The van der Waals surface area contributed by atoms with Crippen LogP contribution < -0.4 is 10.6 Å². The minimum absolute atomic E-state index is 0.154. The minimum atomic E-state index is 0.154. The molecule has 0 saturated carbocycles. The first-order chi connectivity index (χ1) is 11.6. The van der Waals surface area contributed by atoms with Gasteiger partial charge < -0.3 is 20.1 Å². The van der Waals surface area contributed by atoms with E-state index >= 15 is 0 Å². The van der Waals surface area contributed by atoms with Crippen molar-refractivity contribution in [3.63, 3.8) is 0 Å². The lowest BCUT2D eigenvalue weighted by Crippen LogP contribution is -2.46. The van der Waals surface area contributed by atoms with Crippen LogP contribution >= 0.6 is 0 Å². The van der Waals surface area contributed by atoms with Gasteiger partial charge in [0.1, 0.15) is 0 Å². The minimum Gasteiger partial charge on any atom is -0.383 e. The SMILES string of the molecule is CN=C(NCC1CCCOC1c1ccc(C)cc1)NC(C)COC. The van der Waals surface area contributed by atoms with E-state index in [2.05, 4.69) is 53.7 Å². The normalized spacial score (nSPS) is 22.9. The lowest BCUT2D eigenvalue weighted by atomic mass is 9.89. The van der Waals surface area contributed by atoms with E-state index in [1.54, 1.807) is 14.2 Å². The largest absolute Gasteiger partial charge is 0.383 e. The highest BCUT2D eigenvalue weighted by atomic mass is 16.5. The predicted molar refractivity (Wildman–Crippen MR) is 98.4 cm³/mol. The molecule has 5 nitrogen and oxygen atoms in total. The Morgan fingerprint density at radius 1 is 1.38 bits per heavy atom. The second-order valence-electron chi connectivity index (χ2n) is 6.56. The van der Waals surface area contributed by atoms with E-state index in [0.717, 1.165) is 32.0 Å². The van der Waals surface area contributed by atoms with Gasteiger partial charge in [-0.2, -0.15) is 0 Å². The molecule has 2 rings (SSSR count). The molecule has 1 aromatic carbocycles. The van der Waals surface area contributed by atoms with E-state index in [4.69, 9.17) is 9.47 Å². The van der Waals surface area contributed by atoms with E-state index in [1.807, 2.05) is 0 Å². The number of ether oxygens (including phenoxy) is 2. The van der Waals surface area contributed by atoms with Crippen molar-refractivity contribution < 1.29 is 9.47 Å². The van der Waals surface area contributed by atoms with Gasteiger partial charge in [0.2, 0.25) is 0 Å². The van der Waals surface area contributed by atoms with Gasteiger partial charge in [-0.15, -0.1) is 0 Å². The van der Waals surface area contributed by atoms with Gasteiger partial charge in [0.15, 0.2) is 5.96 Å². The topological polar surface area (TPSA) is 54.9 Å². The lowest BCUT2D eigenvalue weighted by molar-refractivity contribution is -0.0265. The number of guanidine groups is 1. The quantitative estimate of drug-likeness (QED) is 0.621. The summed E-state index contributed by atoms with van der Waals surface area (Å²) in [5, 5.41) is 6.79. The molecule has 1 saturated heterocycles. The van der Waals surface area contributed by atoms with Crippen LogP contribution in [-0.4, -0.2) is 45.9 Å². The average molecular weight is 333 g/mol. The molecule has 1 aliphatic rings. The van der Waals surface area contributed by atoms with E-state index in [1.165, 1.54) is 11.1 Å². The number of nitrogens with one attached hydrogen (secondary N) is 2. The van der Waals surface area contributed by atoms with Gasteiger partial charge in [-0.25, -0.2) is 0 Å². The Morgan fingerprint density at radius 2 is 2.12 bits per heavy atom. The summed E-state index contributed by atoms with van der Waals surface area (Å²) in [5.41, 5.74) is 2.55. The summed E-state index contributed by atoms with van der Waals surface area (Å²) in [7, 11) is 3.50. The van der Waals surface area contributed by atoms with Crippen LogP contribution in [0, 0.1) is 12.8 Å². The molecule has 1 aliphatic heterocycles. The van der Waals surface area contributed by atoms with Gasteiger partial charge in [-0.3, -0.25) is 4.99 Å². The van der Waals surface area contributed by atoms with E-state index in [9.17, 15) is 0 Å². The molecule has 5 heteroatoms. The monoisotopic (exact) mass is 333 g/mol. The van der Waals surface area contributed by atoms with E-state index < -0.39 is 0 Å². The van der Waals surface area contributed by atoms with Gasteiger partial charge in [0.05, 0.1) is 12.7 Å². The van der Waals surface area contributed by atoms with E-state index in [-0.39, 0.29) is 12.1 Å². The van der Waals surface area contributed by atoms with Gasteiger partial charge in [0, 0.05) is 39.3 Å². The van der Waals surface area contributed by atoms with Crippen LogP contribution in [0.5, 0.6) is 0 Å². The molecule has 0 bridgehead atoms. The standard InChI is InChI=1S/C19H31N3O2/c1-14-7-9-16(10-8-14)18-17(6-5-11-24-18)12-21-19(20-3)22-15(2)13-23-4/h7-10,15,17-18H,5-6,11-13H2,1-4H3,(H2,20,21,22). The lowest BCUT2D eigenvalue weighted by Gasteiger charge is -2.33. The summed E-state index contributed by atoms with van der Waals surface area (Å²) in [6, 6.07) is 8.91. The van der Waals surface area contributed by atoms with Gasteiger partial charge in [-0.05, 0) is 32.3 Å². The van der Waals surface area contributed by atoms with Crippen molar-refractivity contribution in [2.75, 3.05) is 33.9 Å². The van der Waals surface area contributed by atoms with Crippen molar-refractivity contribution >= 4 is 5.96 Å². The highest BCUT2D eigenvalue weighted by molar-refractivity contribution is 5.79. The van der Waals surface area contributed by atoms with Gasteiger partial charge in [0.25, 0.3) is 0 Å². The van der Waals surface area contributed by atoms with Crippen molar-refractivity contribution in [1.82, 2.24) is 10.6 Å². The molecule has 3 atom stereocenters. The third-order valence-corrected chi connectivity index (χ3v) is 4.41.